The maximum Gasteiger partial charge on any atom is 0.0125 e. The number of hydrogen-bond donors (Lipinski definition) is 0. The fourth-order valence-electron chi connectivity index (χ4n) is 1.34. The normalized spacial score (nSPS) is 17.1. The van der Waals surface area contributed by atoms with Gasteiger partial charge in [-0.25, -0.2) is 0 Å². The highest BCUT2D eigenvalue weighted by molar-refractivity contribution is 4.97. The van der Waals surface area contributed by atoms with Crippen LogP contribution in [0.2, 0.25) is 0 Å². The van der Waals surface area contributed by atoms with Gasteiger partial charge in [0.05, 0.1) is 0 Å². The van der Waals surface area contributed by atoms with Crippen LogP contribution in [-0.2, 0) is 0 Å². The lowest BCUT2D eigenvalue weighted by molar-refractivity contribution is 0.348. The first-order chi connectivity index (χ1) is 5.67. The number of rotatable bonds is 5. The molecule has 0 spiro atoms. The van der Waals surface area contributed by atoms with E-state index in [1.807, 2.05) is 12.2 Å². The summed E-state index contributed by atoms with van der Waals surface area (Å²) >= 11 is 0. The third-order valence-electron chi connectivity index (χ3n) is 2.45. The van der Waals surface area contributed by atoms with Gasteiger partial charge in [-0.2, -0.15) is 0 Å². The van der Waals surface area contributed by atoms with Gasteiger partial charge in [-0.1, -0.05) is 26.0 Å². The van der Waals surface area contributed by atoms with Gasteiger partial charge in [0.15, 0.2) is 0 Å². The Balaban J connectivity index is 4.31. The van der Waals surface area contributed by atoms with E-state index in [1.165, 1.54) is 0 Å². The summed E-state index contributed by atoms with van der Waals surface area (Å²) in [5.74, 6) is 4.13. The van der Waals surface area contributed by atoms with Crippen LogP contribution in [-0.4, -0.2) is 0 Å². The number of allylic oxidation sites excluding steroid dienone is 2. The summed E-state index contributed by atoms with van der Waals surface area (Å²) in [5, 5.41) is 0. The molecule has 0 aliphatic heterocycles. The van der Waals surface area contributed by atoms with Crippen molar-refractivity contribution in [2.75, 3.05) is 0 Å². The van der Waals surface area contributed by atoms with Gasteiger partial charge >= 0.3 is 0 Å². The minimum absolute atomic E-state index is 0.467. The lowest BCUT2D eigenvalue weighted by Crippen LogP contribution is -2.16. The molecule has 0 aliphatic carbocycles. The minimum atomic E-state index is 0.467. The zero-order chi connectivity index (χ0) is 9.56. The summed E-state index contributed by atoms with van der Waals surface area (Å²) in [6.07, 6.45) is 10.0. The predicted molar refractivity (Wildman–Crippen MR) is 55.7 cm³/mol. The first kappa shape index (κ1) is 11.0. The van der Waals surface area contributed by atoms with Gasteiger partial charge in [0.2, 0.25) is 0 Å². The van der Waals surface area contributed by atoms with Crippen LogP contribution in [0.4, 0.5) is 0 Å². The fraction of sp³-hybridized carbons (Fsp3) is 0.500. The summed E-state index contributed by atoms with van der Waals surface area (Å²) in [4.78, 5) is 0. The molecule has 0 aromatic heterocycles. The fourth-order valence-corrected chi connectivity index (χ4v) is 1.34. The second kappa shape index (κ2) is 5.66. The molecule has 0 aliphatic rings. The largest absolute Gasteiger partial charge is 0.120 e. The first-order valence-corrected chi connectivity index (χ1v) is 4.36. The maximum absolute atomic E-state index is 5.30. The predicted octanol–water partition coefficient (Wildman–Crippen LogP) is 3.27. The molecule has 0 heterocycles. The molecule has 0 N–H and O–H groups in total. The molecule has 2 unspecified atom stereocenters. The molecule has 0 nitrogen and oxygen atoms in total. The zero-order valence-electron chi connectivity index (χ0n) is 8.09. The van der Waals surface area contributed by atoms with Gasteiger partial charge < -0.3 is 0 Å². The third kappa shape index (κ3) is 2.96. The topological polar surface area (TPSA) is 0 Å². The average molecular weight is 162 g/mol. The second-order valence-electron chi connectivity index (χ2n) is 3.26. The SMILES string of the molecule is C#CCC(C(C)C=C)C(C)C=C. The van der Waals surface area contributed by atoms with Crippen LogP contribution in [0.15, 0.2) is 25.3 Å². The van der Waals surface area contributed by atoms with Crippen LogP contribution in [0.1, 0.15) is 20.3 Å². The number of hydrogen-bond acceptors (Lipinski definition) is 0. The van der Waals surface area contributed by atoms with Crippen LogP contribution in [0.3, 0.4) is 0 Å². The van der Waals surface area contributed by atoms with Gasteiger partial charge in [0.25, 0.3) is 0 Å². The Morgan fingerprint density at radius 2 is 1.67 bits per heavy atom. The van der Waals surface area contributed by atoms with Gasteiger partial charge in [0, 0.05) is 6.42 Å². The summed E-state index contributed by atoms with van der Waals surface area (Å²) in [7, 11) is 0. The summed E-state index contributed by atoms with van der Waals surface area (Å²) in [5.41, 5.74) is 0. The van der Waals surface area contributed by atoms with Gasteiger partial charge in [-0.3, -0.25) is 0 Å². The van der Waals surface area contributed by atoms with Gasteiger partial charge in [-0.15, -0.1) is 25.5 Å². The first-order valence-electron chi connectivity index (χ1n) is 4.36. The van der Waals surface area contributed by atoms with E-state index < -0.39 is 0 Å². The lowest BCUT2D eigenvalue weighted by atomic mass is 9.81. The van der Waals surface area contributed by atoms with E-state index in [0.29, 0.717) is 17.8 Å². The Morgan fingerprint density at radius 3 is 1.92 bits per heavy atom. The molecule has 0 heteroatoms. The molecule has 0 fully saturated rings. The Kier molecular flexibility index (Phi) is 5.21. The third-order valence-corrected chi connectivity index (χ3v) is 2.45. The van der Waals surface area contributed by atoms with Crippen molar-refractivity contribution in [1.29, 1.82) is 0 Å². The van der Waals surface area contributed by atoms with E-state index in [1.54, 1.807) is 0 Å². The summed E-state index contributed by atoms with van der Waals surface area (Å²) in [6.45, 7) is 11.9. The van der Waals surface area contributed by atoms with Crippen molar-refractivity contribution in [2.45, 2.75) is 20.3 Å². The molecule has 0 saturated heterocycles. The zero-order valence-corrected chi connectivity index (χ0v) is 8.09. The minimum Gasteiger partial charge on any atom is -0.120 e. The Labute approximate surface area is 76.4 Å². The van der Waals surface area contributed by atoms with Crippen LogP contribution in [0, 0.1) is 30.1 Å². The van der Waals surface area contributed by atoms with Gasteiger partial charge in [0.1, 0.15) is 0 Å². The standard InChI is InChI=1S/C12H18/c1-6-9-12(10(4)7-2)11(5)8-3/h1,7-8,10-12H,2-3,9H2,4-5H3. The van der Waals surface area contributed by atoms with Crippen molar-refractivity contribution in [1.82, 2.24) is 0 Å². The smallest absolute Gasteiger partial charge is 0.0125 e. The van der Waals surface area contributed by atoms with Crippen molar-refractivity contribution in [2.24, 2.45) is 17.8 Å². The van der Waals surface area contributed by atoms with Crippen LogP contribution in [0.5, 0.6) is 0 Å². The van der Waals surface area contributed by atoms with E-state index in [0.717, 1.165) is 6.42 Å². The van der Waals surface area contributed by atoms with Crippen molar-refractivity contribution in [3.8, 4) is 12.3 Å². The van der Waals surface area contributed by atoms with Crippen LogP contribution < -0.4 is 0 Å². The van der Waals surface area contributed by atoms with Crippen molar-refractivity contribution in [3.63, 3.8) is 0 Å². The molecular weight excluding hydrogens is 144 g/mol. The van der Waals surface area contributed by atoms with E-state index >= 15 is 0 Å². The molecule has 2 atom stereocenters. The molecule has 0 radical (unpaired) electrons. The van der Waals surface area contributed by atoms with Crippen molar-refractivity contribution in [3.05, 3.63) is 25.3 Å². The van der Waals surface area contributed by atoms with Crippen molar-refractivity contribution < 1.29 is 0 Å². The highest BCUT2D eigenvalue weighted by Gasteiger charge is 2.18. The summed E-state index contributed by atoms with van der Waals surface area (Å²) < 4.78 is 0. The Bertz CT molecular complexity index is 169. The molecule has 0 rings (SSSR count). The molecule has 66 valence electrons. The molecule has 12 heavy (non-hydrogen) atoms. The molecular formula is C12H18. The van der Waals surface area contributed by atoms with Gasteiger partial charge in [-0.05, 0) is 17.8 Å². The highest BCUT2D eigenvalue weighted by atomic mass is 14.2. The van der Waals surface area contributed by atoms with Crippen LogP contribution >= 0.6 is 0 Å². The summed E-state index contributed by atoms with van der Waals surface area (Å²) in [6, 6.07) is 0. The van der Waals surface area contributed by atoms with E-state index in [9.17, 15) is 0 Å². The molecule has 0 saturated carbocycles. The monoisotopic (exact) mass is 162 g/mol. The number of terminal acetylenes is 1. The quantitative estimate of drug-likeness (QED) is 0.430. The van der Waals surface area contributed by atoms with E-state index in [-0.39, 0.29) is 0 Å². The molecule has 0 bridgehead atoms. The molecule has 0 aromatic carbocycles. The Morgan fingerprint density at radius 1 is 1.25 bits per heavy atom. The van der Waals surface area contributed by atoms with E-state index in [2.05, 4.69) is 32.9 Å². The second-order valence-corrected chi connectivity index (χ2v) is 3.26. The molecule has 0 amide bonds. The average Bonchev–Trinajstić information content (AvgIpc) is 2.11. The lowest BCUT2D eigenvalue weighted by Gasteiger charge is -2.23. The van der Waals surface area contributed by atoms with Crippen LogP contribution in [0.25, 0.3) is 0 Å². The molecule has 0 aromatic rings. The maximum atomic E-state index is 5.30. The van der Waals surface area contributed by atoms with Crippen molar-refractivity contribution >= 4 is 0 Å². The highest BCUT2D eigenvalue weighted by Crippen LogP contribution is 2.25. The van der Waals surface area contributed by atoms with E-state index in [4.69, 9.17) is 6.42 Å². The Hall–Kier alpha value is -0.960.